The third-order valence-electron chi connectivity index (χ3n) is 3.65. The number of nitrogens with zero attached hydrogens (tertiary/aromatic N) is 5. The number of aromatic nitrogens is 4. The van der Waals surface area contributed by atoms with E-state index in [0.717, 1.165) is 34.7 Å². The molecule has 6 nitrogen and oxygen atoms in total. The average molecular weight is 284 g/mol. The van der Waals surface area contributed by atoms with Crippen molar-refractivity contribution >= 4 is 17.2 Å². The zero-order chi connectivity index (χ0) is 15.1. The Bertz CT molecular complexity index is 796. The fourth-order valence-corrected chi connectivity index (χ4v) is 2.51. The maximum atomic E-state index is 6.32. The van der Waals surface area contributed by atoms with Gasteiger partial charge in [-0.15, -0.1) is 0 Å². The number of nitrogens with two attached hydrogens (primary N) is 1. The monoisotopic (exact) mass is 284 g/mol. The van der Waals surface area contributed by atoms with Crippen LogP contribution in [0.2, 0.25) is 0 Å². The van der Waals surface area contributed by atoms with E-state index in [0.29, 0.717) is 5.82 Å². The molecular weight excluding hydrogens is 264 g/mol. The van der Waals surface area contributed by atoms with Crippen molar-refractivity contribution in [2.45, 2.75) is 13.3 Å². The van der Waals surface area contributed by atoms with E-state index in [2.05, 4.69) is 17.0 Å². The number of anilines is 2. The lowest BCUT2D eigenvalue weighted by atomic mass is 10.1. The average Bonchev–Trinajstić information content (AvgIpc) is 2.99. The van der Waals surface area contributed by atoms with Gasteiger partial charge >= 0.3 is 0 Å². The summed E-state index contributed by atoms with van der Waals surface area (Å²) in [7, 11) is 5.93. The van der Waals surface area contributed by atoms with E-state index >= 15 is 0 Å². The molecule has 0 aromatic carbocycles. The van der Waals surface area contributed by atoms with Gasteiger partial charge in [-0.3, -0.25) is 9.08 Å². The number of aryl methyl sites for hydroxylation is 2. The summed E-state index contributed by atoms with van der Waals surface area (Å²) in [5.41, 5.74) is 11.1. The highest BCUT2D eigenvalue weighted by Gasteiger charge is 2.17. The summed E-state index contributed by atoms with van der Waals surface area (Å²) < 4.78 is 3.74. The highest BCUT2D eigenvalue weighted by molar-refractivity contribution is 5.76. The summed E-state index contributed by atoms with van der Waals surface area (Å²) in [5, 5.41) is 4.47. The molecule has 2 N–H and O–H groups in total. The molecule has 3 aromatic heterocycles. The fraction of sp³-hybridized carbons (Fsp3) is 0.333. The smallest absolute Gasteiger partial charge is 0.139 e. The molecule has 0 radical (unpaired) electrons. The molecule has 0 aliphatic heterocycles. The predicted molar refractivity (Wildman–Crippen MR) is 85.5 cm³/mol. The van der Waals surface area contributed by atoms with Crippen molar-refractivity contribution in [2.24, 2.45) is 7.05 Å². The maximum absolute atomic E-state index is 6.32. The molecule has 110 valence electrons. The van der Waals surface area contributed by atoms with Crippen LogP contribution >= 0.6 is 0 Å². The molecule has 0 bridgehead atoms. The van der Waals surface area contributed by atoms with Crippen molar-refractivity contribution in [3.63, 3.8) is 0 Å². The minimum atomic E-state index is 0.649. The van der Waals surface area contributed by atoms with Crippen LogP contribution in [0.3, 0.4) is 0 Å². The van der Waals surface area contributed by atoms with Crippen LogP contribution in [0.1, 0.15) is 12.6 Å². The van der Waals surface area contributed by atoms with Gasteiger partial charge in [-0.25, -0.2) is 4.98 Å². The number of rotatable bonds is 3. The van der Waals surface area contributed by atoms with Crippen molar-refractivity contribution in [1.29, 1.82) is 0 Å². The maximum Gasteiger partial charge on any atom is 0.139 e. The Morgan fingerprint density at radius 2 is 2.00 bits per heavy atom. The summed E-state index contributed by atoms with van der Waals surface area (Å²) >= 11 is 0. The number of hydrogen-bond acceptors (Lipinski definition) is 4. The molecular formula is C15H20N6. The summed E-state index contributed by atoms with van der Waals surface area (Å²) in [6, 6.07) is 4.02. The van der Waals surface area contributed by atoms with Crippen LogP contribution in [0.5, 0.6) is 0 Å². The summed E-state index contributed by atoms with van der Waals surface area (Å²) in [4.78, 5) is 6.71. The minimum Gasteiger partial charge on any atom is -0.383 e. The third-order valence-corrected chi connectivity index (χ3v) is 3.65. The first-order chi connectivity index (χ1) is 10.0. The van der Waals surface area contributed by atoms with Crippen molar-refractivity contribution < 1.29 is 0 Å². The molecule has 3 heterocycles. The summed E-state index contributed by atoms with van der Waals surface area (Å²) in [6.45, 7) is 2.09. The van der Waals surface area contributed by atoms with E-state index in [1.807, 2.05) is 59.7 Å². The van der Waals surface area contributed by atoms with E-state index in [1.54, 1.807) is 0 Å². The Labute approximate surface area is 123 Å². The number of pyridine rings is 1. The van der Waals surface area contributed by atoms with Crippen LogP contribution in [-0.2, 0) is 13.5 Å². The second kappa shape index (κ2) is 4.80. The lowest BCUT2D eigenvalue weighted by Gasteiger charge is -2.12. The summed E-state index contributed by atoms with van der Waals surface area (Å²) in [6.07, 6.45) is 4.83. The SMILES string of the molecule is CCc1nn(C)cc1-c1nc2ccc(N(C)C)cn2c1N. The van der Waals surface area contributed by atoms with Crippen molar-refractivity contribution in [3.8, 4) is 11.3 Å². The molecule has 0 aliphatic carbocycles. The zero-order valence-electron chi connectivity index (χ0n) is 12.8. The first-order valence-corrected chi connectivity index (χ1v) is 6.99. The predicted octanol–water partition coefficient (Wildman–Crippen LogP) is 1.95. The molecule has 0 atom stereocenters. The Balaban J connectivity index is 2.22. The molecule has 0 fully saturated rings. The lowest BCUT2D eigenvalue weighted by molar-refractivity contribution is 0.746. The molecule has 0 aliphatic rings. The van der Waals surface area contributed by atoms with Gasteiger partial charge < -0.3 is 10.6 Å². The van der Waals surface area contributed by atoms with Gasteiger partial charge in [-0.1, -0.05) is 6.92 Å². The van der Waals surface area contributed by atoms with Crippen molar-refractivity contribution in [1.82, 2.24) is 19.2 Å². The van der Waals surface area contributed by atoms with E-state index < -0.39 is 0 Å². The molecule has 0 spiro atoms. The van der Waals surface area contributed by atoms with Gasteiger partial charge in [0.25, 0.3) is 0 Å². The van der Waals surface area contributed by atoms with Gasteiger partial charge in [0.05, 0.1) is 11.4 Å². The largest absolute Gasteiger partial charge is 0.383 e. The molecule has 6 heteroatoms. The summed E-state index contributed by atoms with van der Waals surface area (Å²) in [5.74, 6) is 0.649. The number of imidazole rings is 1. The van der Waals surface area contributed by atoms with Gasteiger partial charge in [0.15, 0.2) is 0 Å². The first kappa shape index (κ1) is 13.5. The van der Waals surface area contributed by atoms with E-state index in [-0.39, 0.29) is 0 Å². The van der Waals surface area contributed by atoms with E-state index in [4.69, 9.17) is 5.73 Å². The van der Waals surface area contributed by atoms with Gasteiger partial charge in [0.2, 0.25) is 0 Å². The first-order valence-electron chi connectivity index (χ1n) is 6.99. The molecule has 0 saturated heterocycles. The third kappa shape index (κ3) is 2.12. The Kier molecular flexibility index (Phi) is 3.08. The van der Waals surface area contributed by atoms with Crippen molar-refractivity contribution in [2.75, 3.05) is 24.7 Å². The quantitative estimate of drug-likeness (QED) is 0.798. The van der Waals surface area contributed by atoms with Gasteiger partial charge in [-0.2, -0.15) is 5.10 Å². The van der Waals surface area contributed by atoms with Gasteiger partial charge in [-0.05, 0) is 18.6 Å². The molecule has 0 unspecified atom stereocenters. The second-order valence-electron chi connectivity index (χ2n) is 5.37. The molecule has 3 rings (SSSR count). The molecule has 21 heavy (non-hydrogen) atoms. The highest BCUT2D eigenvalue weighted by atomic mass is 15.3. The minimum absolute atomic E-state index is 0.649. The van der Waals surface area contributed by atoms with Crippen LogP contribution in [0.15, 0.2) is 24.5 Å². The Hall–Kier alpha value is -2.50. The Morgan fingerprint density at radius 1 is 1.24 bits per heavy atom. The van der Waals surface area contributed by atoms with Crippen LogP contribution in [0, 0.1) is 0 Å². The second-order valence-corrected chi connectivity index (χ2v) is 5.37. The molecule has 0 amide bonds. The van der Waals surface area contributed by atoms with Crippen LogP contribution in [-0.4, -0.2) is 33.3 Å². The lowest BCUT2D eigenvalue weighted by Crippen LogP contribution is -2.09. The number of nitrogen functional groups attached to an aromatic ring is 1. The molecule has 3 aromatic rings. The number of fused-ring (bicyclic) bond motifs is 1. The topological polar surface area (TPSA) is 64.4 Å². The normalized spacial score (nSPS) is 11.2. The van der Waals surface area contributed by atoms with E-state index in [9.17, 15) is 0 Å². The van der Waals surface area contributed by atoms with Crippen molar-refractivity contribution in [3.05, 3.63) is 30.2 Å². The van der Waals surface area contributed by atoms with Gasteiger partial charge in [0, 0.05) is 39.1 Å². The molecule has 0 saturated carbocycles. The van der Waals surface area contributed by atoms with Crippen LogP contribution in [0.25, 0.3) is 16.9 Å². The fourth-order valence-electron chi connectivity index (χ4n) is 2.51. The van der Waals surface area contributed by atoms with E-state index in [1.165, 1.54) is 0 Å². The van der Waals surface area contributed by atoms with Crippen LogP contribution in [0.4, 0.5) is 11.5 Å². The van der Waals surface area contributed by atoms with Crippen LogP contribution < -0.4 is 10.6 Å². The zero-order valence-corrected chi connectivity index (χ0v) is 12.8. The Morgan fingerprint density at radius 3 is 2.67 bits per heavy atom. The van der Waals surface area contributed by atoms with Gasteiger partial charge in [0.1, 0.15) is 17.2 Å². The highest BCUT2D eigenvalue weighted by Crippen LogP contribution is 2.30. The standard InChI is InChI=1S/C15H20N6/c1-5-12-11(9-20(4)18-12)14-15(16)21-8-10(19(2)3)6-7-13(21)17-14/h6-9H,5,16H2,1-4H3. The number of hydrogen-bond donors (Lipinski definition) is 1.